The molecule has 0 spiro atoms. The first-order valence-corrected chi connectivity index (χ1v) is 7.01. The molecule has 0 atom stereocenters. The van der Waals surface area contributed by atoms with Gasteiger partial charge >= 0.3 is 5.97 Å². The highest BCUT2D eigenvalue weighted by atomic mass is 16.4. The summed E-state index contributed by atoms with van der Waals surface area (Å²) in [7, 11) is 0. The van der Waals surface area contributed by atoms with Crippen molar-refractivity contribution in [1.82, 2.24) is 4.90 Å². The number of carboxylic acids is 1. The molecule has 2 rings (SSSR count). The second-order valence-electron chi connectivity index (χ2n) is 6.28. The first-order chi connectivity index (χ1) is 8.06. The molecule has 2 aliphatic rings. The zero-order chi connectivity index (χ0) is 12.4. The monoisotopic (exact) mass is 239 g/mol. The van der Waals surface area contributed by atoms with Gasteiger partial charge in [-0.3, -0.25) is 4.79 Å². The molecule has 3 heteroatoms. The van der Waals surface area contributed by atoms with Crippen LogP contribution in [0.4, 0.5) is 0 Å². The predicted octanol–water partition coefficient (Wildman–Crippen LogP) is 2.47. The molecule has 17 heavy (non-hydrogen) atoms. The summed E-state index contributed by atoms with van der Waals surface area (Å²) in [4.78, 5) is 13.4. The van der Waals surface area contributed by atoms with Crippen LogP contribution in [0.1, 0.15) is 39.5 Å². The lowest BCUT2D eigenvalue weighted by molar-refractivity contribution is -0.143. The predicted molar refractivity (Wildman–Crippen MR) is 67.9 cm³/mol. The Labute approximate surface area is 104 Å². The fourth-order valence-electron chi connectivity index (χ4n) is 3.14. The molecule has 0 bridgehead atoms. The van der Waals surface area contributed by atoms with E-state index in [0.717, 1.165) is 43.4 Å². The van der Waals surface area contributed by atoms with Crippen LogP contribution in [0.25, 0.3) is 0 Å². The minimum Gasteiger partial charge on any atom is -0.481 e. The van der Waals surface area contributed by atoms with Crippen molar-refractivity contribution in [2.75, 3.05) is 19.6 Å². The molecule has 1 aliphatic carbocycles. The first kappa shape index (κ1) is 12.9. The van der Waals surface area contributed by atoms with E-state index in [0.29, 0.717) is 0 Å². The Morgan fingerprint density at radius 1 is 1.24 bits per heavy atom. The van der Waals surface area contributed by atoms with Gasteiger partial charge in [-0.05, 0) is 43.4 Å². The molecule has 0 unspecified atom stereocenters. The van der Waals surface area contributed by atoms with Crippen LogP contribution in [-0.2, 0) is 4.79 Å². The minimum atomic E-state index is -0.590. The SMILES string of the molecule is CC(C)C1CN(CC2CCC(C(=O)O)CC2)C1. The van der Waals surface area contributed by atoms with Gasteiger partial charge in [0.2, 0.25) is 0 Å². The van der Waals surface area contributed by atoms with Crippen LogP contribution >= 0.6 is 0 Å². The molecule has 0 aromatic heterocycles. The van der Waals surface area contributed by atoms with E-state index in [4.69, 9.17) is 5.11 Å². The summed E-state index contributed by atoms with van der Waals surface area (Å²) in [6.07, 6.45) is 4.00. The zero-order valence-corrected chi connectivity index (χ0v) is 11.1. The Morgan fingerprint density at radius 2 is 1.82 bits per heavy atom. The number of aliphatic carboxylic acids is 1. The van der Waals surface area contributed by atoms with Crippen LogP contribution in [0.3, 0.4) is 0 Å². The van der Waals surface area contributed by atoms with Crippen LogP contribution in [0.5, 0.6) is 0 Å². The summed E-state index contributed by atoms with van der Waals surface area (Å²) in [5.41, 5.74) is 0. The van der Waals surface area contributed by atoms with Gasteiger partial charge in [0.15, 0.2) is 0 Å². The van der Waals surface area contributed by atoms with Gasteiger partial charge in [0.25, 0.3) is 0 Å². The van der Waals surface area contributed by atoms with Crippen LogP contribution in [0.2, 0.25) is 0 Å². The Hall–Kier alpha value is -0.570. The molecule has 1 heterocycles. The quantitative estimate of drug-likeness (QED) is 0.819. The number of carbonyl (C=O) groups is 1. The molecule has 1 saturated heterocycles. The molecule has 1 saturated carbocycles. The van der Waals surface area contributed by atoms with Crippen molar-refractivity contribution < 1.29 is 9.90 Å². The molecule has 1 N–H and O–H groups in total. The van der Waals surface area contributed by atoms with E-state index < -0.39 is 5.97 Å². The highest BCUT2D eigenvalue weighted by Gasteiger charge is 2.32. The lowest BCUT2D eigenvalue weighted by Gasteiger charge is -2.44. The summed E-state index contributed by atoms with van der Waals surface area (Å²) in [5, 5.41) is 8.95. The standard InChI is InChI=1S/C14H25NO2/c1-10(2)13-8-15(9-13)7-11-3-5-12(6-4-11)14(16)17/h10-13H,3-9H2,1-2H3,(H,16,17). The van der Waals surface area contributed by atoms with Gasteiger partial charge < -0.3 is 10.0 Å². The number of hydrogen-bond acceptors (Lipinski definition) is 2. The van der Waals surface area contributed by atoms with E-state index in [1.807, 2.05) is 0 Å². The zero-order valence-electron chi connectivity index (χ0n) is 11.1. The van der Waals surface area contributed by atoms with Crippen molar-refractivity contribution in [3.8, 4) is 0 Å². The van der Waals surface area contributed by atoms with Crippen LogP contribution in [0, 0.1) is 23.7 Å². The van der Waals surface area contributed by atoms with Crippen LogP contribution in [0.15, 0.2) is 0 Å². The summed E-state index contributed by atoms with van der Waals surface area (Å²) in [6.45, 7) is 8.34. The van der Waals surface area contributed by atoms with Crippen molar-refractivity contribution in [3.63, 3.8) is 0 Å². The third kappa shape index (κ3) is 3.21. The van der Waals surface area contributed by atoms with E-state index in [1.165, 1.54) is 19.6 Å². The maximum atomic E-state index is 10.9. The molecular weight excluding hydrogens is 214 g/mol. The largest absolute Gasteiger partial charge is 0.481 e. The fraction of sp³-hybridized carbons (Fsp3) is 0.929. The Morgan fingerprint density at radius 3 is 2.29 bits per heavy atom. The average molecular weight is 239 g/mol. The maximum Gasteiger partial charge on any atom is 0.306 e. The number of nitrogens with zero attached hydrogens (tertiary/aromatic N) is 1. The molecule has 1 aliphatic heterocycles. The summed E-state index contributed by atoms with van der Waals surface area (Å²) in [5.74, 6) is 1.80. The fourth-order valence-corrected chi connectivity index (χ4v) is 3.14. The lowest BCUT2D eigenvalue weighted by Crippen LogP contribution is -2.50. The summed E-state index contributed by atoms with van der Waals surface area (Å²) in [6, 6.07) is 0. The molecule has 0 aromatic carbocycles. The first-order valence-electron chi connectivity index (χ1n) is 7.01. The molecule has 0 amide bonds. The third-order valence-corrected chi connectivity index (χ3v) is 4.64. The third-order valence-electron chi connectivity index (χ3n) is 4.64. The van der Waals surface area contributed by atoms with Crippen molar-refractivity contribution >= 4 is 5.97 Å². The van der Waals surface area contributed by atoms with Gasteiger partial charge in [0.1, 0.15) is 0 Å². The molecule has 0 aromatic rings. The Bertz CT molecular complexity index is 263. The van der Waals surface area contributed by atoms with E-state index in [9.17, 15) is 4.79 Å². The molecular formula is C14H25NO2. The topological polar surface area (TPSA) is 40.5 Å². The van der Waals surface area contributed by atoms with Gasteiger partial charge in [-0.25, -0.2) is 0 Å². The molecule has 2 fully saturated rings. The summed E-state index contributed by atoms with van der Waals surface area (Å²) >= 11 is 0. The van der Waals surface area contributed by atoms with Gasteiger partial charge in [-0.1, -0.05) is 13.8 Å². The molecule has 3 nitrogen and oxygen atoms in total. The van der Waals surface area contributed by atoms with E-state index >= 15 is 0 Å². The van der Waals surface area contributed by atoms with Crippen molar-refractivity contribution in [2.45, 2.75) is 39.5 Å². The molecule has 0 radical (unpaired) electrons. The number of carboxylic acid groups (broad SMARTS) is 1. The van der Waals surface area contributed by atoms with Gasteiger partial charge in [-0.15, -0.1) is 0 Å². The lowest BCUT2D eigenvalue weighted by atomic mass is 9.80. The Balaban J connectivity index is 1.65. The summed E-state index contributed by atoms with van der Waals surface area (Å²) < 4.78 is 0. The number of rotatable bonds is 4. The highest BCUT2D eigenvalue weighted by Crippen LogP contribution is 2.32. The van der Waals surface area contributed by atoms with Crippen LogP contribution in [-0.4, -0.2) is 35.6 Å². The van der Waals surface area contributed by atoms with Crippen molar-refractivity contribution in [1.29, 1.82) is 0 Å². The van der Waals surface area contributed by atoms with Crippen LogP contribution < -0.4 is 0 Å². The van der Waals surface area contributed by atoms with Gasteiger partial charge in [-0.2, -0.15) is 0 Å². The van der Waals surface area contributed by atoms with E-state index in [2.05, 4.69) is 18.7 Å². The minimum absolute atomic E-state index is 0.0638. The van der Waals surface area contributed by atoms with Gasteiger partial charge in [0.05, 0.1) is 5.92 Å². The van der Waals surface area contributed by atoms with E-state index in [1.54, 1.807) is 0 Å². The number of hydrogen-bond donors (Lipinski definition) is 1. The normalized spacial score (nSPS) is 31.5. The maximum absolute atomic E-state index is 10.9. The smallest absolute Gasteiger partial charge is 0.306 e. The van der Waals surface area contributed by atoms with Gasteiger partial charge in [0, 0.05) is 19.6 Å². The second-order valence-corrected chi connectivity index (χ2v) is 6.28. The molecule has 98 valence electrons. The number of likely N-dealkylation sites (tertiary alicyclic amines) is 1. The average Bonchev–Trinajstić information content (AvgIpc) is 2.23. The van der Waals surface area contributed by atoms with Crippen molar-refractivity contribution in [3.05, 3.63) is 0 Å². The Kier molecular flexibility index (Phi) is 4.08. The highest BCUT2D eigenvalue weighted by molar-refractivity contribution is 5.69. The van der Waals surface area contributed by atoms with Crippen molar-refractivity contribution in [2.24, 2.45) is 23.7 Å². The second kappa shape index (κ2) is 5.38. The van der Waals surface area contributed by atoms with E-state index in [-0.39, 0.29) is 5.92 Å².